The number of hydrogen-bond acceptors (Lipinski definition) is 4. The Labute approximate surface area is 102 Å². The fourth-order valence-electron chi connectivity index (χ4n) is 1.28. The largest absolute Gasteiger partial charge is 0.466 e. The Morgan fingerprint density at radius 3 is 2.62 bits per heavy atom. The maximum Gasteiger partial charge on any atom is 0.307 e. The summed E-state index contributed by atoms with van der Waals surface area (Å²) in [4.78, 5) is 11.2. The van der Waals surface area contributed by atoms with E-state index >= 15 is 0 Å². The zero-order valence-electron chi connectivity index (χ0n) is 9.78. The highest BCUT2D eigenvalue weighted by Crippen LogP contribution is 2.20. The van der Waals surface area contributed by atoms with Crippen LogP contribution in [0, 0.1) is 13.8 Å². The highest BCUT2D eigenvalue weighted by Gasteiger charge is 2.16. The highest BCUT2D eigenvalue weighted by atomic mass is 35.5. The number of ether oxygens (including phenoxy) is 1. The van der Waals surface area contributed by atoms with Crippen molar-refractivity contribution >= 4 is 18.4 Å². The molecule has 0 saturated carbocycles. The molecule has 0 aliphatic carbocycles. The first-order chi connectivity index (χ1) is 7.04. The van der Waals surface area contributed by atoms with Crippen LogP contribution in [0.3, 0.4) is 0 Å². The molecular formula is C11H18ClNO3. The summed E-state index contributed by atoms with van der Waals surface area (Å²) in [7, 11) is 0. The highest BCUT2D eigenvalue weighted by molar-refractivity contribution is 5.85. The van der Waals surface area contributed by atoms with Gasteiger partial charge in [0.05, 0.1) is 19.1 Å². The van der Waals surface area contributed by atoms with Crippen LogP contribution in [0.1, 0.15) is 36.5 Å². The van der Waals surface area contributed by atoms with Gasteiger partial charge in [0.2, 0.25) is 0 Å². The van der Waals surface area contributed by atoms with Gasteiger partial charge in [-0.15, -0.1) is 12.4 Å². The summed E-state index contributed by atoms with van der Waals surface area (Å²) in [5.41, 5.74) is 6.86. The monoisotopic (exact) mass is 247 g/mol. The first kappa shape index (κ1) is 15.0. The van der Waals surface area contributed by atoms with Crippen LogP contribution in [-0.4, -0.2) is 12.6 Å². The second-order valence-electron chi connectivity index (χ2n) is 3.50. The van der Waals surface area contributed by atoms with Crippen molar-refractivity contribution in [3.63, 3.8) is 0 Å². The normalized spacial score (nSPS) is 11.8. The Morgan fingerprint density at radius 1 is 1.56 bits per heavy atom. The minimum Gasteiger partial charge on any atom is -0.466 e. The predicted molar refractivity (Wildman–Crippen MR) is 63.6 cm³/mol. The van der Waals surface area contributed by atoms with Crippen molar-refractivity contribution in [2.75, 3.05) is 6.61 Å². The molecule has 0 saturated heterocycles. The van der Waals surface area contributed by atoms with Gasteiger partial charge in [-0.1, -0.05) is 0 Å². The molecule has 0 unspecified atom stereocenters. The summed E-state index contributed by atoms with van der Waals surface area (Å²) in [5.74, 6) is 1.18. The zero-order chi connectivity index (χ0) is 11.4. The summed E-state index contributed by atoms with van der Waals surface area (Å²) < 4.78 is 10.2. The average Bonchev–Trinajstić information content (AvgIpc) is 2.47. The summed E-state index contributed by atoms with van der Waals surface area (Å²) in [6, 6.07) is 1.44. The molecule has 0 amide bonds. The van der Waals surface area contributed by atoms with Crippen molar-refractivity contribution < 1.29 is 13.9 Å². The fourth-order valence-corrected chi connectivity index (χ4v) is 1.28. The van der Waals surface area contributed by atoms with E-state index in [1.165, 1.54) is 0 Å². The summed E-state index contributed by atoms with van der Waals surface area (Å²) in [6.45, 7) is 5.96. The van der Waals surface area contributed by atoms with Gasteiger partial charge in [-0.2, -0.15) is 0 Å². The van der Waals surface area contributed by atoms with Crippen molar-refractivity contribution in [3.8, 4) is 0 Å². The molecule has 1 aromatic rings. The lowest BCUT2D eigenvalue weighted by atomic mass is 10.1. The molecule has 1 heterocycles. The van der Waals surface area contributed by atoms with Gasteiger partial charge in [-0.3, -0.25) is 4.79 Å². The SMILES string of the molecule is CCOC(=O)C[C@@H](N)c1cc(C)c(C)o1.Cl. The third-order valence-corrected chi connectivity index (χ3v) is 2.24. The molecule has 16 heavy (non-hydrogen) atoms. The number of esters is 1. The van der Waals surface area contributed by atoms with Crippen LogP contribution in [0.5, 0.6) is 0 Å². The molecule has 0 radical (unpaired) electrons. The lowest BCUT2D eigenvalue weighted by Gasteiger charge is -2.07. The van der Waals surface area contributed by atoms with Gasteiger partial charge in [-0.25, -0.2) is 0 Å². The Bertz CT molecular complexity index is 329. The summed E-state index contributed by atoms with van der Waals surface area (Å²) in [5, 5.41) is 0. The summed E-state index contributed by atoms with van der Waals surface area (Å²) in [6.07, 6.45) is 0.153. The molecule has 4 nitrogen and oxygen atoms in total. The Hall–Kier alpha value is -1.00. The molecule has 2 N–H and O–H groups in total. The molecule has 0 fully saturated rings. The minimum atomic E-state index is -0.420. The van der Waals surface area contributed by atoms with E-state index in [0.717, 1.165) is 11.3 Å². The van der Waals surface area contributed by atoms with Gasteiger partial charge in [0.1, 0.15) is 11.5 Å². The second kappa shape index (κ2) is 6.55. The number of aryl methyl sites for hydroxylation is 2. The number of halogens is 1. The maximum absolute atomic E-state index is 11.2. The maximum atomic E-state index is 11.2. The van der Waals surface area contributed by atoms with Crippen molar-refractivity contribution in [3.05, 3.63) is 23.2 Å². The van der Waals surface area contributed by atoms with E-state index in [1.54, 1.807) is 6.92 Å². The molecule has 1 atom stereocenters. The van der Waals surface area contributed by atoms with Crippen LogP contribution in [0.15, 0.2) is 10.5 Å². The van der Waals surface area contributed by atoms with Crippen molar-refractivity contribution in [2.45, 2.75) is 33.2 Å². The topological polar surface area (TPSA) is 65.5 Å². The molecule has 1 rings (SSSR count). The number of rotatable bonds is 4. The average molecular weight is 248 g/mol. The Balaban J connectivity index is 0.00000225. The van der Waals surface area contributed by atoms with Gasteiger partial charge in [0.15, 0.2) is 0 Å². The molecule has 1 aromatic heterocycles. The number of carbonyl (C=O) groups is 1. The predicted octanol–water partition coefficient (Wildman–Crippen LogP) is 2.27. The van der Waals surface area contributed by atoms with E-state index in [2.05, 4.69) is 0 Å². The van der Waals surface area contributed by atoms with Gasteiger partial charge in [-0.05, 0) is 32.4 Å². The van der Waals surface area contributed by atoms with Crippen molar-refractivity contribution in [1.82, 2.24) is 0 Å². The number of nitrogens with two attached hydrogens (primary N) is 1. The van der Waals surface area contributed by atoms with E-state index in [9.17, 15) is 4.79 Å². The van der Waals surface area contributed by atoms with E-state index in [-0.39, 0.29) is 24.8 Å². The second-order valence-corrected chi connectivity index (χ2v) is 3.50. The third kappa shape index (κ3) is 3.87. The van der Waals surface area contributed by atoms with Crippen LogP contribution in [0.25, 0.3) is 0 Å². The molecule has 5 heteroatoms. The zero-order valence-corrected chi connectivity index (χ0v) is 10.6. The van der Waals surface area contributed by atoms with E-state index in [1.807, 2.05) is 19.9 Å². The van der Waals surface area contributed by atoms with E-state index in [0.29, 0.717) is 12.4 Å². The van der Waals surface area contributed by atoms with Crippen LogP contribution < -0.4 is 5.73 Å². The third-order valence-electron chi connectivity index (χ3n) is 2.24. The molecular weight excluding hydrogens is 230 g/mol. The first-order valence-corrected chi connectivity index (χ1v) is 5.02. The molecule has 0 aromatic carbocycles. The number of carbonyl (C=O) groups excluding carboxylic acids is 1. The quantitative estimate of drug-likeness (QED) is 0.829. The Morgan fingerprint density at radius 2 is 2.19 bits per heavy atom. The first-order valence-electron chi connectivity index (χ1n) is 5.02. The van der Waals surface area contributed by atoms with E-state index < -0.39 is 6.04 Å². The standard InChI is InChI=1S/C11H17NO3.ClH/c1-4-14-11(13)6-9(12)10-5-7(2)8(3)15-10;/h5,9H,4,6,12H2,1-3H3;1H/t9-;/m1./s1. The molecule has 0 bridgehead atoms. The number of hydrogen-bond donors (Lipinski definition) is 1. The molecule has 0 aliphatic rings. The van der Waals surface area contributed by atoms with E-state index in [4.69, 9.17) is 14.9 Å². The van der Waals surface area contributed by atoms with Gasteiger partial charge >= 0.3 is 5.97 Å². The van der Waals surface area contributed by atoms with Gasteiger partial charge < -0.3 is 14.9 Å². The smallest absolute Gasteiger partial charge is 0.307 e. The Kier molecular flexibility index (Phi) is 6.14. The van der Waals surface area contributed by atoms with Crippen molar-refractivity contribution in [1.29, 1.82) is 0 Å². The fraction of sp³-hybridized carbons (Fsp3) is 0.545. The van der Waals surface area contributed by atoms with Crippen LogP contribution in [0.4, 0.5) is 0 Å². The molecule has 92 valence electrons. The summed E-state index contributed by atoms with van der Waals surface area (Å²) >= 11 is 0. The molecule has 0 aliphatic heterocycles. The molecule has 0 spiro atoms. The van der Waals surface area contributed by atoms with Crippen molar-refractivity contribution in [2.24, 2.45) is 5.73 Å². The lowest BCUT2D eigenvalue weighted by Crippen LogP contribution is -2.16. The van der Waals surface area contributed by atoms with Gasteiger partial charge in [0, 0.05) is 0 Å². The number of furan rings is 1. The van der Waals surface area contributed by atoms with Crippen LogP contribution in [-0.2, 0) is 9.53 Å². The lowest BCUT2D eigenvalue weighted by molar-refractivity contribution is -0.143. The van der Waals surface area contributed by atoms with Gasteiger partial charge in [0.25, 0.3) is 0 Å². The van der Waals surface area contributed by atoms with Crippen LogP contribution >= 0.6 is 12.4 Å². The van der Waals surface area contributed by atoms with Crippen LogP contribution in [0.2, 0.25) is 0 Å². The minimum absolute atomic E-state index is 0.